The van der Waals surface area contributed by atoms with Gasteiger partial charge in [-0.2, -0.15) is 0 Å². The molecule has 0 aliphatic carbocycles. The van der Waals surface area contributed by atoms with Crippen LogP contribution in [0.4, 0.5) is 0 Å². The van der Waals surface area contributed by atoms with Gasteiger partial charge in [-0.1, -0.05) is 72.8 Å². The first-order valence-corrected chi connectivity index (χ1v) is 12.0. The highest BCUT2D eigenvalue weighted by molar-refractivity contribution is 5.87. The highest BCUT2D eigenvalue weighted by Crippen LogP contribution is 2.15. The van der Waals surface area contributed by atoms with E-state index in [-0.39, 0.29) is 12.0 Å². The van der Waals surface area contributed by atoms with Gasteiger partial charge in [-0.3, -0.25) is 14.4 Å². The molecule has 0 heterocycles. The number of hydrogen-bond acceptors (Lipinski definition) is 9. The van der Waals surface area contributed by atoms with Crippen molar-refractivity contribution >= 4 is 23.9 Å². The summed E-state index contributed by atoms with van der Waals surface area (Å²) in [5.41, 5.74) is 17.7. The normalized spacial score (nSPS) is 13.9. The summed E-state index contributed by atoms with van der Waals surface area (Å²) in [6.07, 6.45) is -2.12. The van der Waals surface area contributed by atoms with E-state index in [1.165, 1.54) is 12.1 Å². The van der Waals surface area contributed by atoms with E-state index in [1.807, 2.05) is 0 Å². The fourth-order valence-corrected chi connectivity index (χ4v) is 3.11. The molecule has 5 unspecified atom stereocenters. The lowest BCUT2D eigenvalue weighted by molar-refractivity contribution is -0.142. The Kier molecular flexibility index (Phi) is 14.3. The number of aliphatic carboxylic acids is 3. The van der Waals surface area contributed by atoms with Crippen LogP contribution in [0.2, 0.25) is 0 Å². The molecular formula is C28H33N3O10. The predicted octanol–water partition coefficient (Wildman–Crippen LogP) is 0.603. The Balaban J connectivity index is 0.000000309. The molecule has 41 heavy (non-hydrogen) atoms. The van der Waals surface area contributed by atoms with Crippen LogP contribution in [-0.2, 0) is 20.8 Å². The maximum atomic E-state index is 10.5. The van der Waals surface area contributed by atoms with Crippen LogP contribution < -0.4 is 17.2 Å². The summed E-state index contributed by atoms with van der Waals surface area (Å²) in [5, 5.41) is 53.2. The lowest BCUT2D eigenvalue weighted by Crippen LogP contribution is -2.36. The number of hydrogen-bond donors (Lipinski definition) is 9. The standard InChI is InChI=1S/C10H11NO4.2C9H11NO3/c11-8(10(14)15)5-6-1-3-7(4-2-6)9(12)13;2*10-7(9(12)13)8(11)6-4-2-1-3-5-6/h1-4,8H,5,11H2,(H,12,13)(H,14,15);2*1-5,7-8,11H,10H2,(H,12,13). The maximum absolute atomic E-state index is 10.5. The van der Waals surface area contributed by atoms with Gasteiger partial charge in [-0.05, 0) is 35.2 Å². The number of aliphatic hydroxyl groups excluding tert-OH is 2. The number of nitrogens with two attached hydrogens (primary N) is 3. The van der Waals surface area contributed by atoms with Crippen molar-refractivity contribution < 1.29 is 49.8 Å². The van der Waals surface area contributed by atoms with E-state index in [0.717, 1.165) is 0 Å². The Bertz CT molecular complexity index is 1200. The van der Waals surface area contributed by atoms with Crippen molar-refractivity contribution in [3.8, 4) is 0 Å². The van der Waals surface area contributed by atoms with Gasteiger partial charge in [0.15, 0.2) is 0 Å². The molecule has 13 heteroatoms. The highest BCUT2D eigenvalue weighted by Gasteiger charge is 2.23. The Hall–Kier alpha value is -4.66. The molecule has 0 bridgehead atoms. The minimum atomic E-state index is -1.28. The molecular weight excluding hydrogens is 538 g/mol. The van der Waals surface area contributed by atoms with Crippen LogP contribution in [0.3, 0.4) is 0 Å². The van der Waals surface area contributed by atoms with E-state index in [2.05, 4.69) is 0 Å². The van der Waals surface area contributed by atoms with Crippen LogP contribution in [0.5, 0.6) is 0 Å². The first-order valence-electron chi connectivity index (χ1n) is 12.0. The Labute approximate surface area is 235 Å². The molecule has 0 aromatic heterocycles. The van der Waals surface area contributed by atoms with Gasteiger partial charge in [0, 0.05) is 0 Å². The van der Waals surface area contributed by atoms with E-state index in [0.29, 0.717) is 16.7 Å². The predicted molar refractivity (Wildman–Crippen MR) is 147 cm³/mol. The Morgan fingerprint density at radius 2 is 0.927 bits per heavy atom. The molecule has 3 aromatic carbocycles. The number of carboxylic acids is 4. The lowest BCUT2D eigenvalue weighted by atomic mass is 10.0. The Morgan fingerprint density at radius 3 is 1.22 bits per heavy atom. The minimum Gasteiger partial charge on any atom is -0.480 e. The first-order chi connectivity index (χ1) is 19.3. The quantitative estimate of drug-likeness (QED) is 0.161. The molecule has 0 radical (unpaired) electrons. The molecule has 13 nitrogen and oxygen atoms in total. The molecule has 0 fully saturated rings. The molecule has 0 aliphatic heterocycles. The zero-order valence-electron chi connectivity index (χ0n) is 21.7. The summed E-state index contributed by atoms with van der Waals surface area (Å²) in [6.45, 7) is 0. The van der Waals surface area contributed by atoms with Gasteiger partial charge in [-0.25, -0.2) is 4.79 Å². The van der Waals surface area contributed by atoms with Gasteiger partial charge in [0.2, 0.25) is 0 Å². The molecule has 3 aromatic rings. The number of carbonyl (C=O) groups is 4. The van der Waals surface area contributed by atoms with E-state index in [9.17, 15) is 29.4 Å². The third-order valence-electron chi connectivity index (χ3n) is 5.51. The van der Waals surface area contributed by atoms with Crippen LogP contribution in [0.15, 0.2) is 84.9 Å². The van der Waals surface area contributed by atoms with Crippen molar-refractivity contribution in [1.82, 2.24) is 0 Å². The van der Waals surface area contributed by atoms with Crippen molar-refractivity contribution in [3.05, 3.63) is 107 Å². The van der Waals surface area contributed by atoms with Gasteiger partial charge in [0.05, 0.1) is 5.56 Å². The smallest absolute Gasteiger partial charge is 0.335 e. The van der Waals surface area contributed by atoms with Crippen molar-refractivity contribution in [2.24, 2.45) is 17.2 Å². The SMILES string of the molecule is NC(C(=O)O)C(O)c1ccccc1.NC(C(=O)O)C(O)c1ccccc1.NC(Cc1ccc(C(=O)O)cc1)C(=O)O. The number of aliphatic hydroxyl groups is 2. The second kappa shape index (κ2) is 17.1. The first kappa shape index (κ1) is 34.4. The van der Waals surface area contributed by atoms with Gasteiger partial charge < -0.3 is 47.8 Å². The van der Waals surface area contributed by atoms with Crippen molar-refractivity contribution in [2.75, 3.05) is 0 Å². The van der Waals surface area contributed by atoms with E-state index in [1.54, 1.807) is 72.8 Å². The Morgan fingerprint density at radius 1 is 0.561 bits per heavy atom. The number of benzene rings is 3. The fraction of sp³-hybridized carbons (Fsp3) is 0.214. The number of carboxylic acid groups (broad SMARTS) is 4. The largest absolute Gasteiger partial charge is 0.480 e. The van der Waals surface area contributed by atoms with E-state index in [4.69, 9.17) is 37.6 Å². The summed E-state index contributed by atoms with van der Waals surface area (Å²) in [6, 6.07) is 19.4. The molecule has 0 amide bonds. The minimum absolute atomic E-state index is 0.169. The summed E-state index contributed by atoms with van der Waals surface area (Å²) in [7, 11) is 0. The van der Waals surface area contributed by atoms with Crippen molar-refractivity contribution in [2.45, 2.75) is 36.8 Å². The van der Waals surface area contributed by atoms with E-state index >= 15 is 0 Å². The molecule has 3 rings (SSSR count). The van der Waals surface area contributed by atoms with Crippen LogP contribution in [-0.4, -0.2) is 72.6 Å². The molecule has 0 spiro atoms. The lowest BCUT2D eigenvalue weighted by Gasteiger charge is -2.14. The third-order valence-corrected chi connectivity index (χ3v) is 5.51. The van der Waals surface area contributed by atoms with Crippen LogP contribution in [0.25, 0.3) is 0 Å². The summed E-state index contributed by atoms with van der Waals surface area (Å²) >= 11 is 0. The number of rotatable bonds is 10. The zero-order valence-corrected chi connectivity index (χ0v) is 21.7. The summed E-state index contributed by atoms with van der Waals surface area (Å²) < 4.78 is 0. The van der Waals surface area contributed by atoms with Crippen LogP contribution in [0.1, 0.15) is 39.3 Å². The summed E-state index contributed by atoms with van der Waals surface area (Å²) in [4.78, 5) is 41.8. The van der Waals surface area contributed by atoms with Gasteiger partial charge in [-0.15, -0.1) is 0 Å². The second-order valence-electron chi connectivity index (χ2n) is 8.59. The van der Waals surface area contributed by atoms with Gasteiger partial charge in [0.1, 0.15) is 30.3 Å². The van der Waals surface area contributed by atoms with Gasteiger partial charge in [0.25, 0.3) is 0 Å². The molecule has 0 saturated carbocycles. The molecule has 0 saturated heterocycles. The third kappa shape index (κ3) is 11.9. The molecule has 220 valence electrons. The van der Waals surface area contributed by atoms with Gasteiger partial charge >= 0.3 is 23.9 Å². The maximum Gasteiger partial charge on any atom is 0.335 e. The van der Waals surface area contributed by atoms with Crippen molar-refractivity contribution in [3.63, 3.8) is 0 Å². The summed E-state index contributed by atoms with van der Waals surface area (Å²) in [5.74, 6) is -4.51. The second-order valence-corrected chi connectivity index (χ2v) is 8.59. The van der Waals surface area contributed by atoms with Crippen molar-refractivity contribution in [1.29, 1.82) is 0 Å². The molecule has 5 atom stereocenters. The molecule has 0 aliphatic rings. The topological polar surface area (TPSA) is 268 Å². The molecule has 12 N–H and O–H groups in total. The average Bonchev–Trinajstić information content (AvgIpc) is 2.97. The van der Waals surface area contributed by atoms with Crippen LogP contribution >= 0.6 is 0 Å². The number of aromatic carboxylic acids is 1. The fourth-order valence-electron chi connectivity index (χ4n) is 3.11. The monoisotopic (exact) mass is 571 g/mol. The average molecular weight is 572 g/mol. The zero-order chi connectivity index (χ0) is 31.1. The highest BCUT2D eigenvalue weighted by atomic mass is 16.4. The van der Waals surface area contributed by atoms with E-state index < -0.39 is 54.2 Å². The van der Waals surface area contributed by atoms with Crippen LogP contribution in [0, 0.1) is 0 Å².